The number of aliphatic hydroxyl groups is 1. The molecule has 0 radical (unpaired) electrons. The van der Waals surface area contributed by atoms with Gasteiger partial charge in [-0.3, -0.25) is 4.79 Å². The standard InChI is InChI=1S/C12H12O2/c13-11-8-4-7-10(11)12(14)9-5-2-1-3-6-9/h1-3,5-7,12,14H,4,8H2/t12-/m0/s1. The third-order valence-electron chi connectivity index (χ3n) is 2.47. The number of allylic oxidation sites excluding steroid dienone is 1. The zero-order chi connectivity index (χ0) is 9.97. The van der Waals surface area contributed by atoms with E-state index in [0.717, 1.165) is 12.0 Å². The summed E-state index contributed by atoms with van der Waals surface area (Å²) in [7, 11) is 0. The third kappa shape index (κ3) is 1.61. The molecule has 2 heteroatoms. The van der Waals surface area contributed by atoms with E-state index in [4.69, 9.17) is 0 Å². The van der Waals surface area contributed by atoms with E-state index in [-0.39, 0.29) is 5.78 Å². The summed E-state index contributed by atoms with van der Waals surface area (Å²) in [5.41, 5.74) is 1.34. The van der Waals surface area contributed by atoms with Crippen LogP contribution in [-0.2, 0) is 4.79 Å². The molecule has 1 aromatic carbocycles. The van der Waals surface area contributed by atoms with Crippen LogP contribution >= 0.6 is 0 Å². The number of rotatable bonds is 2. The second-order valence-electron chi connectivity index (χ2n) is 3.43. The smallest absolute Gasteiger partial charge is 0.161 e. The predicted octanol–water partition coefficient (Wildman–Crippen LogP) is 2.01. The summed E-state index contributed by atoms with van der Waals surface area (Å²) >= 11 is 0. The van der Waals surface area contributed by atoms with Crippen molar-refractivity contribution in [2.45, 2.75) is 18.9 Å². The van der Waals surface area contributed by atoms with Crippen LogP contribution in [0, 0.1) is 0 Å². The van der Waals surface area contributed by atoms with Crippen LogP contribution in [0.2, 0.25) is 0 Å². The van der Waals surface area contributed by atoms with E-state index in [1.165, 1.54) is 0 Å². The Morgan fingerprint density at radius 2 is 1.93 bits per heavy atom. The molecule has 14 heavy (non-hydrogen) atoms. The number of hydrogen-bond donors (Lipinski definition) is 1. The predicted molar refractivity (Wildman–Crippen MR) is 53.7 cm³/mol. The lowest BCUT2D eigenvalue weighted by atomic mass is 10.0. The van der Waals surface area contributed by atoms with Gasteiger partial charge in [0.1, 0.15) is 6.10 Å². The quantitative estimate of drug-likeness (QED) is 0.770. The third-order valence-corrected chi connectivity index (χ3v) is 2.47. The number of hydrogen-bond acceptors (Lipinski definition) is 2. The topological polar surface area (TPSA) is 37.3 Å². The van der Waals surface area contributed by atoms with Crippen molar-refractivity contribution in [2.24, 2.45) is 0 Å². The van der Waals surface area contributed by atoms with Crippen molar-refractivity contribution in [1.29, 1.82) is 0 Å². The minimum Gasteiger partial charge on any atom is -0.384 e. The summed E-state index contributed by atoms with van der Waals surface area (Å²) in [5, 5.41) is 9.90. The first-order valence-electron chi connectivity index (χ1n) is 4.75. The number of Topliss-reactive ketones (excluding diaryl/α,β-unsaturated/α-hetero) is 1. The van der Waals surface area contributed by atoms with Crippen LogP contribution in [0.15, 0.2) is 42.0 Å². The van der Waals surface area contributed by atoms with E-state index in [0.29, 0.717) is 12.0 Å². The molecule has 1 aromatic rings. The fourth-order valence-corrected chi connectivity index (χ4v) is 1.70. The molecule has 1 aliphatic carbocycles. The molecule has 0 heterocycles. The number of benzene rings is 1. The van der Waals surface area contributed by atoms with Crippen LogP contribution in [0.25, 0.3) is 0 Å². The minimum atomic E-state index is -0.744. The Labute approximate surface area is 82.9 Å². The molecule has 2 nitrogen and oxygen atoms in total. The van der Waals surface area contributed by atoms with Gasteiger partial charge in [-0.15, -0.1) is 0 Å². The lowest BCUT2D eigenvalue weighted by Gasteiger charge is -2.10. The first-order chi connectivity index (χ1) is 6.79. The van der Waals surface area contributed by atoms with Gasteiger partial charge in [0.25, 0.3) is 0 Å². The number of aliphatic hydroxyl groups excluding tert-OH is 1. The van der Waals surface area contributed by atoms with E-state index in [1.54, 1.807) is 0 Å². The van der Waals surface area contributed by atoms with Gasteiger partial charge in [0.15, 0.2) is 5.78 Å². The molecule has 0 fully saturated rings. The molecule has 0 saturated heterocycles. The monoisotopic (exact) mass is 188 g/mol. The summed E-state index contributed by atoms with van der Waals surface area (Å²) in [6.07, 6.45) is 2.39. The van der Waals surface area contributed by atoms with Crippen LogP contribution in [0.3, 0.4) is 0 Å². The van der Waals surface area contributed by atoms with Gasteiger partial charge in [0, 0.05) is 12.0 Å². The highest BCUT2D eigenvalue weighted by Crippen LogP contribution is 2.27. The Morgan fingerprint density at radius 1 is 1.21 bits per heavy atom. The molecule has 72 valence electrons. The Morgan fingerprint density at radius 3 is 2.50 bits per heavy atom. The summed E-state index contributed by atoms with van der Waals surface area (Å²) < 4.78 is 0. The van der Waals surface area contributed by atoms with Gasteiger partial charge in [0.05, 0.1) is 0 Å². The highest BCUT2D eigenvalue weighted by molar-refractivity contribution is 5.98. The second kappa shape index (κ2) is 3.76. The maximum atomic E-state index is 11.4. The van der Waals surface area contributed by atoms with Gasteiger partial charge in [-0.1, -0.05) is 36.4 Å². The minimum absolute atomic E-state index is 0.0707. The van der Waals surface area contributed by atoms with Crippen molar-refractivity contribution in [3.63, 3.8) is 0 Å². The van der Waals surface area contributed by atoms with Gasteiger partial charge >= 0.3 is 0 Å². The van der Waals surface area contributed by atoms with E-state index < -0.39 is 6.10 Å². The number of ketones is 1. The molecule has 0 spiro atoms. The van der Waals surface area contributed by atoms with Crippen LogP contribution in [0.5, 0.6) is 0 Å². The molecule has 2 rings (SSSR count). The summed E-state index contributed by atoms with van der Waals surface area (Å²) in [6, 6.07) is 9.27. The lowest BCUT2D eigenvalue weighted by molar-refractivity contribution is -0.115. The van der Waals surface area contributed by atoms with Crippen LogP contribution in [-0.4, -0.2) is 10.9 Å². The largest absolute Gasteiger partial charge is 0.384 e. The van der Waals surface area contributed by atoms with Crippen molar-refractivity contribution in [2.75, 3.05) is 0 Å². The maximum Gasteiger partial charge on any atom is 0.161 e. The lowest BCUT2D eigenvalue weighted by Crippen LogP contribution is -2.07. The maximum absolute atomic E-state index is 11.4. The van der Waals surface area contributed by atoms with E-state index in [1.807, 2.05) is 36.4 Å². The van der Waals surface area contributed by atoms with Gasteiger partial charge in [0.2, 0.25) is 0 Å². The Balaban J connectivity index is 2.24. The van der Waals surface area contributed by atoms with Gasteiger partial charge in [-0.05, 0) is 12.0 Å². The molecule has 0 saturated carbocycles. The molecule has 0 aliphatic heterocycles. The van der Waals surface area contributed by atoms with Gasteiger partial charge < -0.3 is 5.11 Å². The molecular weight excluding hydrogens is 176 g/mol. The van der Waals surface area contributed by atoms with Crippen molar-refractivity contribution in [3.05, 3.63) is 47.5 Å². The molecule has 1 aliphatic rings. The van der Waals surface area contributed by atoms with Crippen LogP contribution in [0.4, 0.5) is 0 Å². The average molecular weight is 188 g/mol. The summed E-state index contributed by atoms with van der Waals surface area (Å²) in [4.78, 5) is 11.4. The molecule has 0 amide bonds. The normalized spacial score (nSPS) is 18.1. The SMILES string of the molecule is O=C1CCC=C1[C@@H](O)c1ccccc1. The molecule has 1 N–H and O–H groups in total. The molecule has 0 aromatic heterocycles. The van der Waals surface area contributed by atoms with E-state index >= 15 is 0 Å². The average Bonchev–Trinajstić information content (AvgIpc) is 2.65. The van der Waals surface area contributed by atoms with Gasteiger partial charge in [-0.2, -0.15) is 0 Å². The second-order valence-corrected chi connectivity index (χ2v) is 3.43. The van der Waals surface area contributed by atoms with Crippen molar-refractivity contribution >= 4 is 5.78 Å². The van der Waals surface area contributed by atoms with Crippen molar-refractivity contribution in [3.8, 4) is 0 Å². The first-order valence-corrected chi connectivity index (χ1v) is 4.75. The van der Waals surface area contributed by atoms with Gasteiger partial charge in [-0.25, -0.2) is 0 Å². The fourth-order valence-electron chi connectivity index (χ4n) is 1.70. The van der Waals surface area contributed by atoms with E-state index in [9.17, 15) is 9.90 Å². The zero-order valence-corrected chi connectivity index (χ0v) is 7.81. The molecular formula is C12H12O2. The number of carbonyl (C=O) groups excluding carboxylic acids is 1. The summed E-state index contributed by atoms with van der Waals surface area (Å²) in [6.45, 7) is 0. The molecule has 0 unspecified atom stereocenters. The Hall–Kier alpha value is -1.41. The molecule has 1 atom stereocenters. The highest BCUT2D eigenvalue weighted by Gasteiger charge is 2.22. The first kappa shape index (κ1) is 9.16. The van der Waals surface area contributed by atoms with Crippen molar-refractivity contribution < 1.29 is 9.90 Å². The fraction of sp³-hybridized carbons (Fsp3) is 0.250. The number of carbonyl (C=O) groups is 1. The molecule has 0 bridgehead atoms. The zero-order valence-electron chi connectivity index (χ0n) is 7.81. The van der Waals surface area contributed by atoms with Crippen LogP contribution in [0.1, 0.15) is 24.5 Å². The van der Waals surface area contributed by atoms with Crippen molar-refractivity contribution in [1.82, 2.24) is 0 Å². The Kier molecular flexibility index (Phi) is 2.46. The Bertz CT molecular complexity index is 365. The van der Waals surface area contributed by atoms with Crippen LogP contribution < -0.4 is 0 Å². The van der Waals surface area contributed by atoms with E-state index in [2.05, 4.69) is 0 Å². The highest BCUT2D eigenvalue weighted by atomic mass is 16.3. The summed E-state index contributed by atoms with van der Waals surface area (Å²) in [5.74, 6) is 0.0707.